The van der Waals surface area contributed by atoms with Crippen molar-refractivity contribution in [1.29, 1.82) is 0 Å². The van der Waals surface area contributed by atoms with Gasteiger partial charge < -0.3 is 16.0 Å². The standard InChI is InChI=1S/C17H37N3O/c1-13(2)15(12-20(6)7)19-16(21)9-8-14(10-11-18)17(3,4)5/h13-15H,8-12,18H2,1-7H3,(H,19,21). The molecule has 0 aliphatic heterocycles. The number of carbonyl (C=O) groups is 1. The lowest BCUT2D eigenvalue weighted by atomic mass is 9.76. The summed E-state index contributed by atoms with van der Waals surface area (Å²) < 4.78 is 0. The van der Waals surface area contributed by atoms with Crippen LogP contribution in [-0.4, -0.2) is 44.0 Å². The van der Waals surface area contributed by atoms with Crippen LogP contribution in [0.1, 0.15) is 53.9 Å². The topological polar surface area (TPSA) is 58.4 Å². The van der Waals surface area contributed by atoms with Crippen LogP contribution in [0.15, 0.2) is 0 Å². The first-order valence-electron chi connectivity index (χ1n) is 8.22. The molecule has 0 aliphatic carbocycles. The molecule has 0 heterocycles. The average molecular weight is 300 g/mol. The van der Waals surface area contributed by atoms with Crippen molar-refractivity contribution in [3.8, 4) is 0 Å². The fourth-order valence-electron chi connectivity index (χ4n) is 2.61. The van der Waals surface area contributed by atoms with Gasteiger partial charge in [0.05, 0.1) is 0 Å². The summed E-state index contributed by atoms with van der Waals surface area (Å²) in [5.41, 5.74) is 5.91. The van der Waals surface area contributed by atoms with Crippen LogP contribution in [0.3, 0.4) is 0 Å². The van der Waals surface area contributed by atoms with Crippen molar-refractivity contribution < 1.29 is 4.79 Å². The second-order valence-corrected chi connectivity index (χ2v) is 7.86. The smallest absolute Gasteiger partial charge is 0.220 e. The third-order valence-corrected chi connectivity index (χ3v) is 4.17. The highest BCUT2D eigenvalue weighted by molar-refractivity contribution is 5.76. The van der Waals surface area contributed by atoms with Crippen LogP contribution >= 0.6 is 0 Å². The largest absolute Gasteiger partial charge is 0.352 e. The monoisotopic (exact) mass is 299 g/mol. The molecule has 21 heavy (non-hydrogen) atoms. The molecule has 0 fully saturated rings. The van der Waals surface area contributed by atoms with Gasteiger partial charge in [-0.05, 0) is 50.7 Å². The summed E-state index contributed by atoms with van der Waals surface area (Å²) in [5, 5.41) is 3.18. The molecule has 0 aliphatic rings. The second kappa shape index (κ2) is 9.42. The predicted octanol–water partition coefficient (Wildman–Crippen LogP) is 2.48. The number of hydrogen-bond donors (Lipinski definition) is 2. The number of nitrogens with zero attached hydrogens (tertiary/aromatic N) is 1. The number of nitrogens with one attached hydrogen (secondary N) is 1. The van der Waals surface area contributed by atoms with Crippen LogP contribution in [0.25, 0.3) is 0 Å². The molecule has 0 saturated carbocycles. The van der Waals surface area contributed by atoms with E-state index in [1.165, 1.54) is 0 Å². The summed E-state index contributed by atoms with van der Waals surface area (Å²) in [4.78, 5) is 14.3. The fourth-order valence-corrected chi connectivity index (χ4v) is 2.61. The third kappa shape index (κ3) is 9.10. The molecule has 0 saturated heterocycles. The molecule has 4 heteroatoms. The molecular formula is C17H37N3O. The zero-order valence-corrected chi connectivity index (χ0v) is 15.2. The van der Waals surface area contributed by atoms with Crippen LogP contribution in [0.5, 0.6) is 0 Å². The predicted molar refractivity (Wildman–Crippen MR) is 91.2 cm³/mol. The number of nitrogens with two attached hydrogens (primary N) is 1. The first-order valence-corrected chi connectivity index (χ1v) is 8.22. The van der Waals surface area contributed by atoms with Gasteiger partial charge >= 0.3 is 0 Å². The maximum Gasteiger partial charge on any atom is 0.220 e. The Labute approximate surface area is 131 Å². The molecule has 4 nitrogen and oxygen atoms in total. The van der Waals surface area contributed by atoms with Gasteiger partial charge in [-0.25, -0.2) is 0 Å². The van der Waals surface area contributed by atoms with Gasteiger partial charge in [0.25, 0.3) is 0 Å². The molecule has 0 aromatic carbocycles. The Balaban J connectivity index is 4.40. The maximum atomic E-state index is 12.2. The Morgan fingerprint density at radius 2 is 1.76 bits per heavy atom. The van der Waals surface area contributed by atoms with Gasteiger partial charge in [0, 0.05) is 19.0 Å². The molecule has 3 N–H and O–H groups in total. The number of hydrogen-bond acceptors (Lipinski definition) is 3. The Hall–Kier alpha value is -0.610. The number of amides is 1. The van der Waals surface area contributed by atoms with E-state index in [1.807, 2.05) is 14.1 Å². The van der Waals surface area contributed by atoms with Crippen molar-refractivity contribution in [1.82, 2.24) is 10.2 Å². The molecular weight excluding hydrogens is 262 g/mol. The van der Waals surface area contributed by atoms with E-state index in [0.29, 0.717) is 24.8 Å². The first-order chi connectivity index (χ1) is 9.57. The van der Waals surface area contributed by atoms with Gasteiger partial charge in [-0.3, -0.25) is 4.79 Å². The van der Waals surface area contributed by atoms with Crippen molar-refractivity contribution in [2.75, 3.05) is 27.2 Å². The Morgan fingerprint density at radius 1 is 1.19 bits per heavy atom. The van der Waals surface area contributed by atoms with Gasteiger partial charge in [0.1, 0.15) is 0 Å². The van der Waals surface area contributed by atoms with Crippen molar-refractivity contribution in [2.45, 2.75) is 59.9 Å². The van der Waals surface area contributed by atoms with E-state index in [0.717, 1.165) is 19.4 Å². The molecule has 0 bridgehead atoms. The molecule has 0 rings (SSSR count). The number of rotatable bonds is 9. The maximum absolute atomic E-state index is 12.2. The Kier molecular flexibility index (Phi) is 9.14. The summed E-state index contributed by atoms with van der Waals surface area (Å²) in [7, 11) is 4.08. The quantitative estimate of drug-likeness (QED) is 0.687. The van der Waals surface area contributed by atoms with E-state index >= 15 is 0 Å². The van der Waals surface area contributed by atoms with Gasteiger partial charge in [-0.15, -0.1) is 0 Å². The van der Waals surface area contributed by atoms with E-state index in [4.69, 9.17) is 5.73 Å². The van der Waals surface area contributed by atoms with Crippen LogP contribution in [0, 0.1) is 17.3 Å². The summed E-state index contributed by atoms with van der Waals surface area (Å²) in [6, 6.07) is 0.218. The Morgan fingerprint density at radius 3 is 2.14 bits per heavy atom. The zero-order chi connectivity index (χ0) is 16.6. The third-order valence-electron chi connectivity index (χ3n) is 4.17. The molecule has 0 aromatic rings. The van der Waals surface area contributed by atoms with Crippen molar-refractivity contribution in [3.63, 3.8) is 0 Å². The van der Waals surface area contributed by atoms with Gasteiger partial charge in [-0.2, -0.15) is 0 Å². The van der Waals surface area contributed by atoms with E-state index in [-0.39, 0.29) is 17.4 Å². The van der Waals surface area contributed by atoms with Crippen LogP contribution in [0.2, 0.25) is 0 Å². The normalized spacial score (nSPS) is 15.3. The highest BCUT2D eigenvalue weighted by Gasteiger charge is 2.25. The van der Waals surface area contributed by atoms with E-state index < -0.39 is 0 Å². The Bertz CT molecular complexity index is 295. The lowest BCUT2D eigenvalue weighted by Gasteiger charge is -2.31. The molecule has 0 radical (unpaired) electrons. The van der Waals surface area contributed by atoms with Gasteiger partial charge in [-0.1, -0.05) is 34.6 Å². The summed E-state index contributed by atoms with van der Waals surface area (Å²) >= 11 is 0. The summed E-state index contributed by atoms with van der Waals surface area (Å²) in [6.45, 7) is 12.6. The molecule has 1 amide bonds. The van der Waals surface area contributed by atoms with Crippen molar-refractivity contribution in [3.05, 3.63) is 0 Å². The fraction of sp³-hybridized carbons (Fsp3) is 0.941. The number of carbonyl (C=O) groups excluding carboxylic acids is 1. The molecule has 2 atom stereocenters. The van der Waals surface area contributed by atoms with Crippen LogP contribution in [0.4, 0.5) is 0 Å². The average Bonchev–Trinajstić information content (AvgIpc) is 2.31. The highest BCUT2D eigenvalue weighted by atomic mass is 16.1. The van der Waals surface area contributed by atoms with Crippen molar-refractivity contribution >= 4 is 5.91 Å². The summed E-state index contributed by atoms with van der Waals surface area (Å²) in [6.07, 6.45) is 2.50. The van der Waals surface area contributed by atoms with E-state index in [1.54, 1.807) is 0 Å². The molecule has 126 valence electrons. The van der Waals surface area contributed by atoms with Crippen LogP contribution < -0.4 is 11.1 Å². The lowest BCUT2D eigenvalue weighted by Crippen LogP contribution is -2.45. The second-order valence-electron chi connectivity index (χ2n) is 7.86. The highest BCUT2D eigenvalue weighted by Crippen LogP contribution is 2.32. The zero-order valence-electron chi connectivity index (χ0n) is 15.2. The van der Waals surface area contributed by atoms with Gasteiger partial charge in [0.15, 0.2) is 0 Å². The summed E-state index contributed by atoms with van der Waals surface area (Å²) in [5.74, 6) is 1.11. The molecule has 0 spiro atoms. The number of likely N-dealkylation sites (N-methyl/N-ethyl adjacent to an activating group) is 1. The molecule has 2 unspecified atom stereocenters. The minimum absolute atomic E-state index is 0.168. The molecule has 0 aromatic heterocycles. The first kappa shape index (κ1) is 20.4. The van der Waals surface area contributed by atoms with Crippen LogP contribution in [-0.2, 0) is 4.79 Å². The minimum Gasteiger partial charge on any atom is -0.352 e. The minimum atomic E-state index is 0.168. The van der Waals surface area contributed by atoms with E-state index in [9.17, 15) is 4.79 Å². The van der Waals surface area contributed by atoms with Gasteiger partial charge in [0.2, 0.25) is 5.91 Å². The lowest BCUT2D eigenvalue weighted by molar-refractivity contribution is -0.122. The van der Waals surface area contributed by atoms with E-state index in [2.05, 4.69) is 44.8 Å². The van der Waals surface area contributed by atoms with Crippen molar-refractivity contribution in [2.24, 2.45) is 23.0 Å². The SMILES string of the molecule is CC(C)C(CN(C)C)NC(=O)CCC(CCN)C(C)(C)C.